The summed E-state index contributed by atoms with van der Waals surface area (Å²) in [6.45, 7) is 7.42. The summed E-state index contributed by atoms with van der Waals surface area (Å²) >= 11 is 0. The van der Waals surface area contributed by atoms with E-state index in [1.54, 1.807) is 0 Å². The van der Waals surface area contributed by atoms with Crippen LogP contribution in [0.3, 0.4) is 0 Å². The molecule has 5 heteroatoms. The normalized spacial score (nSPS) is 21.4. The third kappa shape index (κ3) is 5.62. The molecule has 1 aliphatic heterocycles. The molecule has 1 aliphatic carbocycles. The van der Waals surface area contributed by atoms with E-state index >= 15 is 0 Å². The van der Waals surface area contributed by atoms with Gasteiger partial charge < -0.3 is 15.1 Å². The average Bonchev–Trinajstić information content (AvgIpc) is 3.31. The maximum Gasteiger partial charge on any atom is 0.193 e. The highest BCUT2D eigenvalue weighted by molar-refractivity contribution is 14.0. The van der Waals surface area contributed by atoms with E-state index in [4.69, 9.17) is 4.99 Å². The number of hydrogen-bond acceptors (Lipinski definition) is 2. The van der Waals surface area contributed by atoms with E-state index in [1.165, 1.54) is 37.9 Å². The van der Waals surface area contributed by atoms with Gasteiger partial charge in [-0.25, -0.2) is 0 Å². The highest BCUT2D eigenvalue weighted by Crippen LogP contribution is 2.31. The molecule has 4 nitrogen and oxygen atoms in total. The van der Waals surface area contributed by atoms with Crippen molar-refractivity contribution in [2.45, 2.75) is 38.8 Å². The summed E-state index contributed by atoms with van der Waals surface area (Å²) in [5.41, 5.74) is 1.32. The predicted molar refractivity (Wildman–Crippen MR) is 112 cm³/mol. The number of hydrogen-bond donors (Lipinski definition) is 1. The summed E-state index contributed by atoms with van der Waals surface area (Å²) in [7, 11) is 2.12. The molecule has 1 aromatic rings. The summed E-state index contributed by atoms with van der Waals surface area (Å²) < 4.78 is 0. The number of nitrogens with one attached hydrogen (secondary N) is 1. The quantitative estimate of drug-likeness (QED) is 0.417. The zero-order valence-electron chi connectivity index (χ0n) is 14.9. The van der Waals surface area contributed by atoms with Gasteiger partial charge in [-0.1, -0.05) is 30.3 Å². The molecular formula is C19H31IN4. The molecule has 1 saturated carbocycles. The lowest BCUT2D eigenvalue weighted by molar-refractivity contribution is 0.315. The van der Waals surface area contributed by atoms with Gasteiger partial charge >= 0.3 is 0 Å². The van der Waals surface area contributed by atoms with Crippen LogP contribution in [0, 0.1) is 5.92 Å². The van der Waals surface area contributed by atoms with E-state index in [0.29, 0.717) is 0 Å². The molecule has 1 unspecified atom stereocenters. The molecule has 3 rings (SSSR count). The molecule has 0 aromatic heterocycles. The van der Waals surface area contributed by atoms with Crippen LogP contribution in [0.15, 0.2) is 35.3 Å². The molecule has 0 spiro atoms. The zero-order chi connectivity index (χ0) is 16.1. The third-order valence-electron chi connectivity index (χ3n) is 4.84. The van der Waals surface area contributed by atoms with Crippen molar-refractivity contribution >= 4 is 29.9 Å². The van der Waals surface area contributed by atoms with Crippen LogP contribution in [0.4, 0.5) is 0 Å². The Morgan fingerprint density at radius 2 is 2.00 bits per heavy atom. The first-order chi connectivity index (χ1) is 11.3. The summed E-state index contributed by atoms with van der Waals surface area (Å²) in [6.07, 6.45) is 4.14. The van der Waals surface area contributed by atoms with Gasteiger partial charge in [0.05, 0.1) is 0 Å². The van der Waals surface area contributed by atoms with E-state index in [0.717, 1.165) is 37.6 Å². The molecular weight excluding hydrogens is 411 g/mol. The third-order valence-corrected chi connectivity index (χ3v) is 4.84. The Bertz CT molecular complexity index is 515. The second-order valence-electron chi connectivity index (χ2n) is 6.92. The number of rotatable bonds is 6. The molecule has 0 amide bonds. The molecule has 1 saturated heterocycles. The van der Waals surface area contributed by atoms with Crippen molar-refractivity contribution in [3.63, 3.8) is 0 Å². The van der Waals surface area contributed by atoms with Crippen molar-refractivity contribution in [1.82, 2.24) is 15.1 Å². The van der Waals surface area contributed by atoms with Gasteiger partial charge in [0, 0.05) is 39.3 Å². The van der Waals surface area contributed by atoms with E-state index in [1.807, 2.05) is 0 Å². The van der Waals surface area contributed by atoms with E-state index in [-0.39, 0.29) is 24.0 Å². The van der Waals surface area contributed by atoms with Gasteiger partial charge in [0.25, 0.3) is 0 Å². The highest BCUT2D eigenvalue weighted by Gasteiger charge is 2.34. The molecule has 0 bridgehead atoms. The van der Waals surface area contributed by atoms with Crippen LogP contribution in [-0.2, 0) is 6.54 Å². The van der Waals surface area contributed by atoms with E-state index in [9.17, 15) is 0 Å². The molecule has 2 aliphatic rings. The Morgan fingerprint density at radius 3 is 2.67 bits per heavy atom. The topological polar surface area (TPSA) is 30.9 Å². The van der Waals surface area contributed by atoms with Gasteiger partial charge in [0.2, 0.25) is 0 Å². The van der Waals surface area contributed by atoms with Crippen LogP contribution >= 0.6 is 24.0 Å². The fraction of sp³-hybridized carbons (Fsp3) is 0.632. The Kier molecular flexibility index (Phi) is 7.81. The van der Waals surface area contributed by atoms with Crippen LogP contribution in [0.2, 0.25) is 0 Å². The second-order valence-corrected chi connectivity index (χ2v) is 6.92. The maximum absolute atomic E-state index is 4.91. The molecule has 0 radical (unpaired) electrons. The number of benzene rings is 1. The maximum atomic E-state index is 4.91. The first-order valence-electron chi connectivity index (χ1n) is 9.03. The van der Waals surface area contributed by atoms with Crippen LogP contribution < -0.4 is 5.32 Å². The fourth-order valence-corrected chi connectivity index (χ4v) is 3.40. The summed E-state index contributed by atoms with van der Waals surface area (Å²) in [5, 5.41) is 3.44. The second kappa shape index (κ2) is 9.61. The highest BCUT2D eigenvalue weighted by atomic mass is 127. The van der Waals surface area contributed by atoms with Crippen molar-refractivity contribution in [3.05, 3.63) is 35.9 Å². The Balaban J connectivity index is 0.00000208. The molecule has 1 N–H and O–H groups in total. The lowest BCUT2D eigenvalue weighted by Crippen LogP contribution is -2.39. The van der Waals surface area contributed by atoms with Crippen molar-refractivity contribution < 1.29 is 0 Å². The monoisotopic (exact) mass is 442 g/mol. The van der Waals surface area contributed by atoms with Crippen molar-refractivity contribution in [1.29, 1.82) is 0 Å². The molecule has 134 valence electrons. The lowest BCUT2D eigenvalue weighted by Gasteiger charge is -2.23. The van der Waals surface area contributed by atoms with Crippen LogP contribution in [0.25, 0.3) is 0 Å². The summed E-state index contributed by atoms with van der Waals surface area (Å²) in [6, 6.07) is 11.5. The summed E-state index contributed by atoms with van der Waals surface area (Å²) in [4.78, 5) is 9.81. The minimum atomic E-state index is 0. The number of nitrogens with zero attached hydrogens (tertiary/aromatic N) is 3. The first kappa shape index (κ1) is 19.5. The van der Waals surface area contributed by atoms with Gasteiger partial charge in [0.1, 0.15) is 0 Å². The lowest BCUT2D eigenvalue weighted by atomic mass is 10.1. The van der Waals surface area contributed by atoms with E-state index in [2.05, 4.69) is 59.4 Å². The van der Waals surface area contributed by atoms with Crippen molar-refractivity contribution in [2.24, 2.45) is 10.9 Å². The van der Waals surface area contributed by atoms with Crippen molar-refractivity contribution in [3.8, 4) is 0 Å². The SMILES string of the molecule is CCNC(=NCC1CCN(C2CC2)C1)N(C)Cc1ccccc1.I. The number of guanidine groups is 1. The van der Waals surface area contributed by atoms with Crippen LogP contribution in [-0.4, -0.2) is 55.0 Å². The fourth-order valence-electron chi connectivity index (χ4n) is 3.40. The van der Waals surface area contributed by atoms with Crippen molar-refractivity contribution in [2.75, 3.05) is 33.2 Å². The van der Waals surface area contributed by atoms with Gasteiger partial charge in [-0.3, -0.25) is 4.99 Å². The van der Waals surface area contributed by atoms with Crippen LogP contribution in [0.1, 0.15) is 31.7 Å². The van der Waals surface area contributed by atoms with Crippen LogP contribution in [0.5, 0.6) is 0 Å². The largest absolute Gasteiger partial charge is 0.357 e. The number of aliphatic imine (C=N–C) groups is 1. The van der Waals surface area contributed by atoms with E-state index < -0.39 is 0 Å². The minimum Gasteiger partial charge on any atom is -0.357 e. The Morgan fingerprint density at radius 1 is 1.25 bits per heavy atom. The Hall–Kier alpha value is -0.820. The summed E-state index contributed by atoms with van der Waals surface area (Å²) in [5.74, 6) is 1.76. The van der Waals surface area contributed by atoms with Gasteiger partial charge in [-0.15, -0.1) is 24.0 Å². The smallest absolute Gasteiger partial charge is 0.193 e. The standard InChI is InChI=1S/C19H30N4.HI/c1-3-20-19(22(2)14-16-7-5-4-6-8-16)21-13-17-11-12-23(15-17)18-9-10-18;/h4-8,17-18H,3,9-15H2,1-2H3,(H,20,21);1H. The number of halogens is 1. The first-order valence-corrected chi connectivity index (χ1v) is 9.03. The van der Waals surface area contributed by atoms with Gasteiger partial charge in [0.15, 0.2) is 5.96 Å². The molecule has 1 atom stereocenters. The Labute approximate surface area is 163 Å². The minimum absolute atomic E-state index is 0. The molecule has 24 heavy (non-hydrogen) atoms. The average molecular weight is 442 g/mol. The molecule has 2 fully saturated rings. The number of likely N-dealkylation sites (tertiary alicyclic amines) is 1. The molecule has 1 aromatic carbocycles. The van der Waals surface area contributed by atoms with Gasteiger partial charge in [-0.2, -0.15) is 0 Å². The molecule has 1 heterocycles. The zero-order valence-corrected chi connectivity index (χ0v) is 17.3. The predicted octanol–water partition coefficient (Wildman–Crippen LogP) is 3.19. The van der Waals surface area contributed by atoms with Gasteiger partial charge in [-0.05, 0) is 44.2 Å².